The smallest absolute Gasteiger partial charge is 0.269 e. The molecule has 0 amide bonds. The van der Waals surface area contributed by atoms with E-state index in [-0.39, 0.29) is 10.6 Å². The SMILES string of the molecule is CN1CCN(CCCc2cc([N+](=O)[O-])ccc2SC2CCCCC2)CC1. The predicted octanol–water partition coefficient (Wildman–Crippen LogP) is 4.20. The third-order valence-corrected chi connectivity index (χ3v) is 7.07. The van der Waals surface area contributed by atoms with Gasteiger partial charge < -0.3 is 9.80 Å². The lowest BCUT2D eigenvalue weighted by molar-refractivity contribution is -0.385. The second-order valence-electron chi connectivity index (χ2n) is 7.68. The fourth-order valence-corrected chi connectivity index (χ4v) is 5.30. The zero-order chi connectivity index (χ0) is 18.4. The Morgan fingerprint density at radius 1 is 1.15 bits per heavy atom. The van der Waals surface area contributed by atoms with Crippen molar-refractivity contribution in [2.75, 3.05) is 39.8 Å². The molecule has 26 heavy (non-hydrogen) atoms. The highest BCUT2D eigenvalue weighted by Gasteiger charge is 2.19. The highest BCUT2D eigenvalue weighted by Crippen LogP contribution is 2.36. The fraction of sp³-hybridized carbons (Fsp3) is 0.700. The first-order valence-corrected chi connectivity index (χ1v) is 10.8. The van der Waals surface area contributed by atoms with E-state index in [1.807, 2.05) is 23.9 Å². The molecule has 2 aliphatic rings. The molecule has 5 nitrogen and oxygen atoms in total. The van der Waals surface area contributed by atoms with Crippen LogP contribution in [0.3, 0.4) is 0 Å². The van der Waals surface area contributed by atoms with Crippen molar-refractivity contribution in [1.29, 1.82) is 0 Å². The van der Waals surface area contributed by atoms with Gasteiger partial charge in [0, 0.05) is 48.5 Å². The van der Waals surface area contributed by atoms with Crippen molar-refractivity contribution < 1.29 is 4.92 Å². The summed E-state index contributed by atoms with van der Waals surface area (Å²) in [6.07, 6.45) is 8.57. The van der Waals surface area contributed by atoms with Crippen molar-refractivity contribution in [3.05, 3.63) is 33.9 Å². The van der Waals surface area contributed by atoms with E-state index in [9.17, 15) is 10.1 Å². The van der Waals surface area contributed by atoms with Gasteiger partial charge in [-0.25, -0.2) is 0 Å². The standard InChI is InChI=1S/C20H31N3O2S/c1-21-12-14-22(15-13-21)11-5-6-17-16-18(23(24)25)9-10-20(17)26-19-7-3-2-4-8-19/h9-10,16,19H,2-8,11-15H2,1H3. The maximum atomic E-state index is 11.2. The molecule has 2 fully saturated rings. The summed E-state index contributed by atoms with van der Waals surface area (Å²) in [5.41, 5.74) is 1.40. The number of hydrogen-bond donors (Lipinski definition) is 0. The van der Waals surface area contributed by atoms with Crippen molar-refractivity contribution in [1.82, 2.24) is 9.80 Å². The Bertz CT molecular complexity index is 597. The minimum atomic E-state index is -0.265. The van der Waals surface area contributed by atoms with Gasteiger partial charge in [0.05, 0.1) is 4.92 Å². The van der Waals surface area contributed by atoms with Gasteiger partial charge in [0.25, 0.3) is 5.69 Å². The molecule has 1 aromatic carbocycles. The van der Waals surface area contributed by atoms with E-state index in [1.54, 1.807) is 6.07 Å². The Hall–Kier alpha value is -1.11. The zero-order valence-electron chi connectivity index (χ0n) is 15.9. The average Bonchev–Trinajstić information content (AvgIpc) is 2.65. The number of nitro groups is 1. The van der Waals surface area contributed by atoms with Gasteiger partial charge in [0.15, 0.2) is 0 Å². The number of rotatable bonds is 7. The number of aryl methyl sites for hydroxylation is 1. The number of hydrogen-bond acceptors (Lipinski definition) is 5. The first kappa shape index (κ1) is 19.6. The molecule has 0 bridgehead atoms. The number of thioether (sulfide) groups is 1. The number of nitro benzene ring substituents is 1. The molecule has 6 heteroatoms. The van der Waals surface area contributed by atoms with Crippen molar-refractivity contribution in [3.63, 3.8) is 0 Å². The molecule has 1 aliphatic heterocycles. The van der Waals surface area contributed by atoms with Crippen LogP contribution < -0.4 is 0 Å². The quantitative estimate of drug-likeness (QED) is 0.526. The Morgan fingerprint density at radius 3 is 2.58 bits per heavy atom. The van der Waals surface area contributed by atoms with Crippen LogP contribution in [0.4, 0.5) is 5.69 Å². The van der Waals surface area contributed by atoms with Gasteiger partial charge in [-0.2, -0.15) is 0 Å². The van der Waals surface area contributed by atoms with Crippen molar-refractivity contribution in [3.8, 4) is 0 Å². The largest absolute Gasteiger partial charge is 0.304 e. The van der Waals surface area contributed by atoms with Crippen LogP contribution in [0.1, 0.15) is 44.1 Å². The molecule has 144 valence electrons. The maximum Gasteiger partial charge on any atom is 0.269 e. The minimum Gasteiger partial charge on any atom is -0.304 e. The monoisotopic (exact) mass is 377 g/mol. The molecule has 1 aliphatic carbocycles. The molecular weight excluding hydrogens is 346 g/mol. The third-order valence-electron chi connectivity index (χ3n) is 5.62. The summed E-state index contributed by atoms with van der Waals surface area (Å²) in [4.78, 5) is 17.1. The van der Waals surface area contributed by atoms with Crippen LogP contribution in [0.2, 0.25) is 0 Å². The van der Waals surface area contributed by atoms with E-state index in [1.165, 1.54) is 42.6 Å². The van der Waals surface area contributed by atoms with Crippen LogP contribution in [0.5, 0.6) is 0 Å². The number of likely N-dealkylation sites (N-methyl/N-ethyl adjacent to an activating group) is 1. The van der Waals surface area contributed by atoms with E-state index in [4.69, 9.17) is 0 Å². The summed E-state index contributed by atoms with van der Waals surface area (Å²) >= 11 is 1.96. The zero-order valence-corrected chi connectivity index (χ0v) is 16.7. The Kier molecular flexibility index (Phi) is 7.34. The minimum absolute atomic E-state index is 0.229. The highest BCUT2D eigenvalue weighted by molar-refractivity contribution is 8.00. The Labute approximate surface area is 161 Å². The normalized spacial score (nSPS) is 20.3. The third kappa shape index (κ3) is 5.69. The van der Waals surface area contributed by atoms with Gasteiger partial charge in [0.2, 0.25) is 0 Å². The van der Waals surface area contributed by atoms with Gasteiger partial charge in [-0.05, 0) is 50.9 Å². The van der Waals surface area contributed by atoms with E-state index >= 15 is 0 Å². The summed E-state index contributed by atoms with van der Waals surface area (Å²) in [5.74, 6) is 0. The topological polar surface area (TPSA) is 49.6 Å². The molecule has 1 heterocycles. The van der Waals surface area contributed by atoms with Gasteiger partial charge >= 0.3 is 0 Å². The lowest BCUT2D eigenvalue weighted by Gasteiger charge is -2.32. The lowest BCUT2D eigenvalue weighted by Crippen LogP contribution is -2.44. The summed E-state index contributed by atoms with van der Waals surface area (Å²) in [5, 5.41) is 11.9. The number of non-ortho nitro benzene ring substituents is 1. The first-order valence-electron chi connectivity index (χ1n) is 9.97. The Balaban J connectivity index is 1.60. The molecule has 0 spiro atoms. The molecule has 0 radical (unpaired) electrons. The van der Waals surface area contributed by atoms with Gasteiger partial charge in [0.1, 0.15) is 0 Å². The van der Waals surface area contributed by atoms with Crippen LogP contribution in [0.15, 0.2) is 23.1 Å². The van der Waals surface area contributed by atoms with Crippen molar-refractivity contribution >= 4 is 17.4 Å². The van der Waals surface area contributed by atoms with Gasteiger partial charge in [-0.1, -0.05) is 19.3 Å². The molecule has 1 saturated carbocycles. The van der Waals surface area contributed by atoms with E-state index in [0.717, 1.165) is 45.6 Å². The molecular formula is C20H31N3O2S. The van der Waals surface area contributed by atoms with Crippen LogP contribution in [0.25, 0.3) is 0 Å². The summed E-state index contributed by atoms with van der Waals surface area (Å²) in [7, 11) is 2.18. The molecule has 3 rings (SSSR count). The fourth-order valence-electron chi connectivity index (χ4n) is 3.92. The molecule has 1 aromatic rings. The van der Waals surface area contributed by atoms with Crippen molar-refractivity contribution in [2.45, 2.75) is 55.1 Å². The van der Waals surface area contributed by atoms with Gasteiger partial charge in [-0.3, -0.25) is 10.1 Å². The molecule has 0 unspecified atom stereocenters. The summed E-state index contributed by atoms with van der Waals surface area (Å²) < 4.78 is 0. The summed E-state index contributed by atoms with van der Waals surface area (Å²) in [6, 6.07) is 5.48. The molecule has 0 aromatic heterocycles. The van der Waals surface area contributed by atoms with Gasteiger partial charge in [-0.15, -0.1) is 11.8 Å². The van der Waals surface area contributed by atoms with Crippen LogP contribution >= 0.6 is 11.8 Å². The Morgan fingerprint density at radius 2 is 1.88 bits per heavy atom. The maximum absolute atomic E-state index is 11.2. The van der Waals surface area contributed by atoms with E-state index < -0.39 is 0 Å². The molecule has 0 N–H and O–H groups in total. The second-order valence-corrected chi connectivity index (χ2v) is 9.02. The molecule has 1 saturated heterocycles. The molecule has 0 atom stereocenters. The predicted molar refractivity (Wildman–Crippen MR) is 108 cm³/mol. The first-order chi connectivity index (χ1) is 12.6. The van der Waals surface area contributed by atoms with E-state index in [2.05, 4.69) is 16.8 Å². The lowest BCUT2D eigenvalue weighted by atomic mass is 10.0. The van der Waals surface area contributed by atoms with Crippen LogP contribution in [-0.2, 0) is 6.42 Å². The highest BCUT2D eigenvalue weighted by atomic mass is 32.2. The second kappa shape index (κ2) is 9.72. The number of benzene rings is 1. The number of nitrogens with zero attached hydrogens (tertiary/aromatic N) is 3. The van der Waals surface area contributed by atoms with Crippen LogP contribution in [0, 0.1) is 10.1 Å². The van der Waals surface area contributed by atoms with Crippen molar-refractivity contribution in [2.24, 2.45) is 0 Å². The average molecular weight is 378 g/mol. The van der Waals surface area contributed by atoms with E-state index in [0.29, 0.717) is 5.25 Å². The van der Waals surface area contributed by atoms with Crippen LogP contribution in [-0.4, -0.2) is 59.7 Å². The summed E-state index contributed by atoms with van der Waals surface area (Å²) in [6.45, 7) is 5.63. The number of piperazine rings is 1.